The molecule has 2 aromatic rings. The van der Waals surface area contributed by atoms with Crippen LogP contribution in [0.1, 0.15) is 23.2 Å². The van der Waals surface area contributed by atoms with Gasteiger partial charge in [-0.15, -0.1) is 0 Å². The average molecular weight is 236 g/mol. The number of benzene rings is 1. The Balaban J connectivity index is 2.22. The average Bonchev–Trinajstić information content (AvgIpc) is 2.81. The highest BCUT2D eigenvalue weighted by molar-refractivity contribution is 5.87. The minimum absolute atomic E-state index is 0.680. The molecule has 1 aromatic carbocycles. The van der Waals surface area contributed by atoms with E-state index >= 15 is 0 Å². The van der Waals surface area contributed by atoms with Crippen molar-refractivity contribution in [3.8, 4) is 0 Å². The molecular weight excluding hydrogens is 220 g/mol. The molecular formula is C16H16N2. The number of rotatable bonds is 2. The Bertz CT molecular complexity index is 618. The second-order valence-electron chi connectivity index (χ2n) is 4.40. The van der Waals surface area contributed by atoms with E-state index in [1.54, 1.807) is 0 Å². The predicted octanol–water partition coefficient (Wildman–Crippen LogP) is 3.21. The number of hydrogen-bond acceptors (Lipinski definition) is 1. The molecule has 18 heavy (non-hydrogen) atoms. The third-order valence-electron chi connectivity index (χ3n) is 3.24. The van der Waals surface area contributed by atoms with Crippen LogP contribution in [-0.2, 0) is 0 Å². The van der Waals surface area contributed by atoms with Crippen LogP contribution < -0.4 is 5.73 Å². The molecule has 0 saturated heterocycles. The van der Waals surface area contributed by atoms with Crippen LogP contribution in [-0.4, -0.2) is 11.1 Å². The van der Waals surface area contributed by atoms with Gasteiger partial charge in [0.15, 0.2) is 0 Å². The topological polar surface area (TPSA) is 30.9 Å². The van der Waals surface area contributed by atoms with Crippen LogP contribution in [0.2, 0.25) is 0 Å². The molecule has 1 aliphatic heterocycles. The van der Waals surface area contributed by atoms with Crippen LogP contribution in [0.5, 0.6) is 0 Å². The molecule has 0 saturated carbocycles. The zero-order chi connectivity index (χ0) is 12.4. The number of hydrogen-bond donors (Lipinski definition) is 1. The maximum absolute atomic E-state index is 5.63. The summed E-state index contributed by atoms with van der Waals surface area (Å²) in [6.45, 7) is 0.680. The molecule has 0 fully saturated rings. The van der Waals surface area contributed by atoms with Crippen molar-refractivity contribution in [3.63, 3.8) is 0 Å². The van der Waals surface area contributed by atoms with Crippen LogP contribution in [0.25, 0.3) is 17.8 Å². The molecule has 0 radical (unpaired) electrons. The van der Waals surface area contributed by atoms with Gasteiger partial charge in [-0.05, 0) is 42.3 Å². The van der Waals surface area contributed by atoms with E-state index in [1.165, 1.54) is 22.4 Å². The standard InChI is InChI=1S/C16H16N2/c17-10-3-7-15-14-6-2-1-5-13(14)9-12-18-11-4-8-16(15)18/h1-2,4-9,11-12H,3,10,17H2. The highest BCUT2D eigenvalue weighted by Crippen LogP contribution is 2.30. The van der Waals surface area contributed by atoms with E-state index in [0.29, 0.717) is 6.54 Å². The van der Waals surface area contributed by atoms with Crippen LogP contribution in [0.3, 0.4) is 0 Å². The molecule has 0 unspecified atom stereocenters. The second kappa shape index (κ2) is 4.67. The van der Waals surface area contributed by atoms with E-state index < -0.39 is 0 Å². The lowest BCUT2D eigenvalue weighted by atomic mass is 9.97. The van der Waals surface area contributed by atoms with Crippen LogP contribution in [0.4, 0.5) is 0 Å². The van der Waals surface area contributed by atoms with Gasteiger partial charge in [0.25, 0.3) is 0 Å². The smallest absolute Gasteiger partial charge is 0.0525 e. The minimum Gasteiger partial charge on any atom is -0.330 e. The molecule has 2 nitrogen and oxygen atoms in total. The fourth-order valence-electron chi connectivity index (χ4n) is 2.38. The maximum Gasteiger partial charge on any atom is 0.0525 e. The minimum atomic E-state index is 0.680. The van der Waals surface area contributed by atoms with Crippen molar-refractivity contribution >= 4 is 17.8 Å². The molecule has 0 amide bonds. The third kappa shape index (κ3) is 1.81. The van der Waals surface area contributed by atoms with Gasteiger partial charge in [0.2, 0.25) is 0 Å². The van der Waals surface area contributed by atoms with Crippen LogP contribution in [0.15, 0.2) is 48.7 Å². The molecule has 0 aliphatic carbocycles. The van der Waals surface area contributed by atoms with E-state index in [1.807, 2.05) is 0 Å². The summed E-state index contributed by atoms with van der Waals surface area (Å²) in [6.07, 6.45) is 9.47. The summed E-state index contributed by atoms with van der Waals surface area (Å²) in [5, 5.41) is 0. The van der Waals surface area contributed by atoms with Gasteiger partial charge in [-0.25, -0.2) is 0 Å². The SMILES string of the molecule is NCCC=C1c2ccccc2C=Cn2cccc21. The fourth-order valence-corrected chi connectivity index (χ4v) is 2.38. The van der Waals surface area contributed by atoms with Gasteiger partial charge in [0.05, 0.1) is 5.69 Å². The Kier molecular flexibility index (Phi) is 2.87. The monoisotopic (exact) mass is 236 g/mol. The molecule has 2 N–H and O–H groups in total. The number of aromatic nitrogens is 1. The van der Waals surface area contributed by atoms with Gasteiger partial charge in [-0.2, -0.15) is 0 Å². The molecule has 90 valence electrons. The van der Waals surface area contributed by atoms with Gasteiger partial charge in [-0.3, -0.25) is 0 Å². The lowest BCUT2D eigenvalue weighted by Gasteiger charge is -2.09. The third-order valence-corrected chi connectivity index (χ3v) is 3.24. The fraction of sp³-hybridized carbons (Fsp3) is 0.125. The normalized spacial score (nSPS) is 15.3. The summed E-state index contributed by atoms with van der Waals surface area (Å²) in [7, 11) is 0. The maximum atomic E-state index is 5.63. The van der Waals surface area contributed by atoms with Gasteiger partial charge >= 0.3 is 0 Å². The number of nitrogens with zero attached hydrogens (tertiary/aromatic N) is 1. The Labute approximate surface area is 107 Å². The van der Waals surface area contributed by atoms with Crippen LogP contribution >= 0.6 is 0 Å². The number of fused-ring (bicyclic) bond motifs is 2. The second-order valence-corrected chi connectivity index (χ2v) is 4.40. The first-order valence-electron chi connectivity index (χ1n) is 6.25. The Hall–Kier alpha value is -2.06. The van der Waals surface area contributed by atoms with E-state index in [2.05, 4.69) is 65.5 Å². The van der Waals surface area contributed by atoms with Crippen molar-refractivity contribution < 1.29 is 0 Å². The molecule has 1 aliphatic rings. The first kappa shape index (κ1) is 11.1. The molecule has 0 bridgehead atoms. The molecule has 0 atom stereocenters. The molecule has 2 heterocycles. The zero-order valence-electron chi connectivity index (χ0n) is 10.2. The van der Waals surface area contributed by atoms with Crippen molar-refractivity contribution in [3.05, 3.63) is 65.5 Å². The molecule has 1 aromatic heterocycles. The first-order valence-corrected chi connectivity index (χ1v) is 6.25. The highest BCUT2D eigenvalue weighted by Gasteiger charge is 2.13. The van der Waals surface area contributed by atoms with Gasteiger partial charge in [0.1, 0.15) is 0 Å². The summed E-state index contributed by atoms with van der Waals surface area (Å²) in [5.41, 5.74) is 10.7. The van der Waals surface area contributed by atoms with Gasteiger partial charge in [0, 0.05) is 18.0 Å². The lowest BCUT2D eigenvalue weighted by Crippen LogP contribution is -1.99. The van der Waals surface area contributed by atoms with Crippen molar-refractivity contribution in [1.29, 1.82) is 0 Å². The molecule has 0 spiro atoms. The van der Waals surface area contributed by atoms with Gasteiger partial charge < -0.3 is 10.3 Å². The van der Waals surface area contributed by atoms with E-state index in [-0.39, 0.29) is 0 Å². The first-order chi connectivity index (χ1) is 8.90. The van der Waals surface area contributed by atoms with Crippen molar-refractivity contribution in [2.24, 2.45) is 5.73 Å². The predicted molar refractivity (Wildman–Crippen MR) is 76.8 cm³/mol. The largest absolute Gasteiger partial charge is 0.330 e. The van der Waals surface area contributed by atoms with Crippen molar-refractivity contribution in [2.45, 2.75) is 6.42 Å². The quantitative estimate of drug-likeness (QED) is 0.727. The summed E-state index contributed by atoms with van der Waals surface area (Å²) in [4.78, 5) is 0. The van der Waals surface area contributed by atoms with E-state index in [4.69, 9.17) is 5.73 Å². The Morgan fingerprint density at radius 2 is 2.00 bits per heavy atom. The van der Waals surface area contributed by atoms with E-state index in [9.17, 15) is 0 Å². The van der Waals surface area contributed by atoms with E-state index in [0.717, 1.165) is 6.42 Å². The molecule has 3 rings (SSSR count). The Morgan fingerprint density at radius 3 is 2.89 bits per heavy atom. The van der Waals surface area contributed by atoms with Crippen molar-refractivity contribution in [1.82, 2.24) is 4.57 Å². The summed E-state index contributed by atoms with van der Waals surface area (Å²) in [5.74, 6) is 0. The lowest BCUT2D eigenvalue weighted by molar-refractivity contribution is 1.01. The number of nitrogens with two attached hydrogens (primary N) is 1. The zero-order valence-corrected chi connectivity index (χ0v) is 10.2. The summed E-state index contributed by atoms with van der Waals surface area (Å²) < 4.78 is 2.16. The summed E-state index contributed by atoms with van der Waals surface area (Å²) >= 11 is 0. The van der Waals surface area contributed by atoms with Gasteiger partial charge in [-0.1, -0.05) is 30.3 Å². The summed E-state index contributed by atoms with van der Waals surface area (Å²) in [6, 6.07) is 12.7. The highest BCUT2D eigenvalue weighted by atomic mass is 14.9. The van der Waals surface area contributed by atoms with Crippen LogP contribution in [0, 0.1) is 0 Å². The van der Waals surface area contributed by atoms with Crippen molar-refractivity contribution in [2.75, 3.05) is 6.54 Å². The Morgan fingerprint density at radius 1 is 1.11 bits per heavy atom. The molecule has 2 heteroatoms.